The quantitative estimate of drug-likeness (QED) is 0.273. The summed E-state index contributed by atoms with van der Waals surface area (Å²) in [6.07, 6.45) is -0.293. The molecule has 0 heterocycles. The zero-order chi connectivity index (χ0) is 24.9. The third-order valence-corrected chi connectivity index (χ3v) is 5.34. The number of nitrogens with two attached hydrogens (primary N) is 2. The lowest BCUT2D eigenvalue weighted by atomic mass is 10.0. The normalized spacial score (nSPS) is 13.4. The minimum absolute atomic E-state index is 0.00670. The fourth-order valence-electron chi connectivity index (χ4n) is 3.09. The van der Waals surface area contributed by atoms with Gasteiger partial charge in [0.15, 0.2) is 0 Å². The first kappa shape index (κ1) is 26.8. The van der Waals surface area contributed by atoms with Crippen molar-refractivity contribution in [2.45, 2.75) is 44.9 Å². The monoisotopic (exact) mass is 470 g/mol. The molecular formula is C25H34N4O5. The summed E-state index contributed by atoms with van der Waals surface area (Å²) in [7, 11) is 0. The predicted octanol–water partition coefficient (Wildman–Crippen LogP) is 0.630. The lowest BCUT2D eigenvalue weighted by Crippen LogP contribution is -2.50. The fraction of sp³-hybridized carbons (Fsp3) is 0.400. The van der Waals surface area contributed by atoms with Crippen LogP contribution in [0.2, 0.25) is 0 Å². The van der Waals surface area contributed by atoms with Gasteiger partial charge in [-0.05, 0) is 29.7 Å². The number of carbonyl (C=O) groups excluding carboxylic acids is 3. The molecule has 0 saturated heterocycles. The van der Waals surface area contributed by atoms with E-state index in [1.807, 2.05) is 54.6 Å². The first-order valence-corrected chi connectivity index (χ1v) is 11.3. The van der Waals surface area contributed by atoms with E-state index >= 15 is 0 Å². The van der Waals surface area contributed by atoms with Gasteiger partial charge in [0, 0.05) is 31.8 Å². The third kappa shape index (κ3) is 9.60. The number of rotatable bonds is 14. The summed E-state index contributed by atoms with van der Waals surface area (Å²) in [5.41, 5.74) is 12.5. The molecule has 0 spiro atoms. The Labute approximate surface area is 199 Å². The highest BCUT2D eigenvalue weighted by atomic mass is 16.5. The molecule has 9 nitrogen and oxygen atoms in total. The van der Waals surface area contributed by atoms with Crippen molar-refractivity contribution in [2.75, 3.05) is 13.1 Å². The summed E-state index contributed by atoms with van der Waals surface area (Å²) in [5.74, 6) is -1.04. The molecule has 184 valence electrons. The molecule has 3 atom stereocenters. The van der Waals surface area contributed by atoms with Crippen LogP contribution < -0.4 is 26.8 Å². The van der Waals surface area contributed by atoms with Crippen molar-refractivity contribution in [1.82, 2.24) is 10.6 Å². The summed E-state index contributed by atoms with van der Waals surface area (Å²) in [4.78, 5) is 36.3. The number of aliphatic hydroxyl groups is 1. The average molecular weight is 471 g/mol. The van der Waals surface area contributed by atoms with Crippen LogP contribution in [-0.4, -0.2) is 48.1 Å². The molecular weight excluding hydrogens is 436 g/mol. The number of nitrogens with one attached hydrogen (secondary N) is 2. The van der Waals surface area contributed by atoms with Crippen molar-refractivity contribution in [3.63, 3.8) is 0 Å². The van der Waals surface area contributed by atoms with E-state index in [1.54, 1.807) is 6.92 Å². The van der Waals surface area contributed by atoms with E-state index in [0.717, 1.165) is 11.1 Å². The number of hydrogen-bond donors (Lipinski definition) is 5. The van der Waals surface area contributed by atoms with E-state index in [0.29, 0.717) is 12.4 Å². The molecule has 0 aliphatic heterocycles. The topological polar surface area (TPSA) is 157 Å². The van der Waals surface area contributed by atoms with Crippen molar-refractivity contribution in [3.05, 3.63) is 65.7 Å². The molecule has 2 aromatic rings. The summed E-state index contributed by atoms with van der Waals surface area (Å²) < 4.78 is 5.79. The van der Waals surface area contributed by atoms with Gasteiger partial charge in [-0.2, -0.15) is 0 Å². The summed E-state index contributed by atoms with van der Waals surface area (Å²) in [6, 6.07) is 16.2. The Morgan fingerprint density at radius 1 is 1.03 bits per heavy atom. The highest BCUT2D eigenvalue weighted by Gasteiger charge is 2.22. The average Bonchev–Trinajstić information content (AvgIpc) is 2.85. The van der Waals surface area contributed by atoms with Gasteiger partial charge in [-0.15, -0.1) is 0 Å². The van der Waals surface area contributed by atoms with E-state index in [-0.39, 0.29) is 38.3 Å². The number of ether oxygens (including phenoxy) is 1. The molecule has 0 saturated carbocycles. The largest absolute Gasteiger partial charge is 0.489 e. The smallest absolute Gasteiger partial charge is 0.243 e. The van der Waals surface area contributed by atoms with Crippen LogP contribution in [0.15, 0.2) is 54.6 Å². The van der Waals surface area contributed by atoms with Gasteiger partial charge < -0.3 is 31.9 Å². The lowest BCUT2D eigenvalue weighted by Gasteiger charge is -2.20. The van der Waals surface area contributed by atoms with Crippen molar-refractivity contribution >= 4 is 17.7 Å². The number of primary amides is 1. The molecule has 0 radical (unpaired) electrons. The maximum absolute atomic E-state index is 12.7. The van der Waals surface area contributed by atoms with Gasteiger partial charge in [0.2, 0.25) is 17.7 Å². The summed E-state index contributed by atoms with van der Waals surface area (Å²) in [6.45, 7) is 2.07. The van der Waals surface area contributed by atoms with Gasteiger partial charge >= 0.3 is 0 Å². The van der Waals surface area contributed by atoms with E-state index in [2.05, 4.69) is 10.6 Å². The molecule has 3 amide bonds. The van der Waals surface area contributed by atoms with Crippen LogP contribution in [0.25, 0.3) is 0 Å². The Balaban J connectivity index is 1.99. The first-order valence-electron chi connectivity index (χ1n) is 11.3. The molecule has 2 aromatic carbocycles. The SMILES string of the molecule is CC(CCC(=O)NC(Cc1ccc(OCc2ccccc2)cc1)C(=O)NCC(O)CN)C(N)=O. The lowest BCUT2D eigenvalue weighted by molar-refractivity contribution is -0.129. The summed E-state index contributed by atoms with van der Waals surface area (Å²) in [5, 5.41) is 15.0. The molecule has 0 bridgehead atoms. The Morgan fingerprint density at radius 3 is 2.32 bits per heavy atom. The van der Waals surface area contributed by atoms with E-state index in [1.165, 1.54) is 0 Å². The number of aliphatic hydroxyl groups excluding tert-OH is 1. The van der Waals surface area contributed by atoms with Crippen molar-refractivity contribution in [2.24, 2.45) is 17.4 Å². The zero-order valence-corrected chi connectivity index (χ0v) is 19.4. The van der Waals surface area contributed by atoms with Gasteiger partial charge in [-0.3, -0.25) is 14.4 Å². The van der Waals surface area contributed by atoms with Crippen molar-refractivity contribution in [3.8, 4) is 5.75 Å². The van der Waals surface area contributed by atoms with Crippen LogP contribution in [-0.2, 0) is 27.4 Å². The van der Waals surface area contributed by atoms with E-state index in [4.69, 9.17) is 16.2 Å². The van der Waals surface area contributed by atoms with Gasteiger partial charge in [-0.25, -0.2) is 0 Å². The second-order valence-corrected chi connectivity index (χ2v) is 8.22. The molecule has 0 aromatic heterocycles. The Morgan fingerprint density at radius 2 is 1.71 bits per heavy atom. The van der Waals surface area contributed by atoms with Crippen LogP contribution in [0.3, 0.4) is 0 Å². The zero-order valence-electron chi connectivity index (χ0n) is 19.4. The van der Waals surface area contributed by atoms with E-state index in [9.17, 15) is 19.5 Å². The Hall–Kier alpha value is -3.43. The number of amides is 3. The molecule has 0 aliphatic rings. The highest BCUT2D eigenvalue weighted by Crippen LogP contribution is 2.16. The van der Waals surface area contributed by atoms with Crippen LogP contribution in [0.4, 0.5) is 0 Å². The number of hydrogen-bond acceptors (Lipinski definition) is 6. The van der Waals surface area contributed by atoms with E-state index < -0.39 is 29.9 Å². The predicted molar refractivity (Wildman–Crippen MR) is 129 cm³/mol. The molecule has 3 unspecified atom stereocenters. The van der Waals surface area contributed by atoms with Crippen LogP contribution in [0.5, 0.6) is 5.75 Å². The van der Waals surface area contributed by atoms with Gasteiger partial charge in [0.25, 0.3) is 0 Å². The maximum atomic E-state index is 12.7. The highest BCUT2D eigenvalue weighted by molar-refractivity contribution is 5.88. The van der Waals surface area contributed by atoms with Gasteiger partial charge in [0.1, 0.15) is 18.4 Å². The number of carbonyl (C=O) groups is 3. The van der Waals surface area contributed by atoms with Crippen molar-refractivity contribution in [1.29, 1.82) is 0 Å². The Bertz CT molecular complexity index is 921. The first-order chi connectivity index (χ1) is 16.3. The third-order valence-electron chi connectivity index (χ3n) is 5.34. The minimum Gasteiger partial charge on any atom is -0.489 e. The second-order valence-electron chi connectivity index (χ2n) is 8.22. The standard InChI is InChI=1S/C25H34N4O5/c1-17(24(27)32)7-12-23(31)29-22(25(33)28-15-20(30)14-26)13-18-8-10-21(11-9-18)34-16-19-5-3-2-4-6-19/h2-6,8-11,17,20,22,30H,7,12-16,26H2,1H3,(H2,27,32)(H,28,33)(H,29,31). The molecule has 2 rings (SSSR count). The molecule has 0 aliphatic carbocycles. The molecule has 0 fully saturated rings. The Kier molecular flexibility index (Phi) is 11.0. The van der Waals surface area contributed by atoms with Crippen LogP contribution in [0.1, 0.15) is 30.9 Å². The molecule has 7 N–H and O–H groups in total. The van der Waals surface area contributed by atoms with Crippen molar-refractivity contribution < 1.29 is 24.2 Å². The van der Waals surface area contributed by atoms with Crippen LogP contribution in [0, 0.1) is 5.92 Å². The van der Waals surface area contributed by atoms with Gasteiger partial charge in [-0.1, -0.05) is 49.4 Å². The molecule has 34 heavy (non-hydrogen) atoms. The van der Waals surface area contributed by atoms with Crippen LogP contribution >= 0.6 is 0 Å². The summed E-state index contributed by atoms with van der Waals surface area (Å²) >= 11 is 0. The number of benzene rings is 2. The second kappa shape index (κ2) is 14.0. The minimum atomic E-state index is -0.877. The molecule has 9 heteroatoms. The maximum Gasteiger partial charge on any atom is 0.243 e. The van der Waals surface area contributed by atoms with Gasteiger partial charge in [0.05, 0.1) is 6.10 Å². The fourth-order valence-corrected chi connectivity index (χ4v) is 3.09.